The quantitative estimate of drug-likeness (QED) is 0.796. The third-order valence-corrected chi connectivity index (χ3v) is 5.40. The molecular weight excluding hydrogens is 284 g/mol. The molecule has 1 aliphatic rings. The van der Waals surface area contributed by atoms with E-state index in [4.69, 9.17) is 0 Å². The minimum absolute atomic E-state index is 0.524. The van der Waals surface area contributed by atoms with Crippen molar-refractivity contribution in [3.05, 3.63) is 35.0 Å². The zero-order valence-electron chi connectivity index (χ0n) is 14.6. The number of benzene rings is 1. The predicted octanol–water partition coefficient (Wildman–Crippen LogP) is 4.52. The number of aldehydes is 1. The van der Waals surface area contributed by atoms with Gasteiger partial charge in [-0.15, -0.1) is 0 Å². The van der Waals surface area contributed by atoms with Gasteiger partial charge in [0.05, 0.1) is 0 Å². The van der Waals surface area contributed by atoms with E-state index in [0.29, 0.717) is 12.0 Å². The van der Waals surface area contributed by atoms with E-state index in [-0.39, 0.29) is 0 Å². The highest BCUT2D eigenvalue weighted by Crippen LogP contribution is 2.39. The van der Waals surface area contributed by atoms with E-state index in [0.717, 1.165) is 29.2 Å². The summed E-state index contributed by atoms with van der Waals surface area (Å²) in [7, 11) is 0. The molecule has 3 nitrogen and oxygen atoms in total. The van der Waals surface area contributed by atoms with Gasteiger partial charge in [0, 0.05) is 28.7 Å². The first-order valence-corrected chi connectivity index (χ1v) is 9.03. The lowest BCUT2D eigenvalue weighted by molar-refractivity contribution is 0.112. The highest BCUT2D eigenvalue weighted by atomic mass is 16.1. The fourth-order valence-electron chi connectivity index (χ4n) is 4.40. The van der Waals surface area contributed by atoms with Crippen LogP contribution in [-0.4, -0.2) is 35.3 Å². The van der Waals surface area contributed by atoms with Gasteiger partial charge in [0.2, 0.25) is 0 Å². The molecule has 0 radical (unpaired) electrons. The second-order valence-electron chi connectivity index (χ2n) is 6.85. The molecule has 0 saturated heterocycles. The first-order valence-electron chi connectivity index (χ1n) is 9.03. The molecule has 1 aromatic carbocycles. The smallest absolute Gasteiger partial charge is 0.152 e. The topological polar surface area (TPSA) is 36.1 Å². The molecule has 0 fully saturated rings. The van der Waals surface area contributed by atoms with Crippen LogP contribution >= 0.6 is 0 Å². The molecular formula is C20H28N2O. The Morgan fingerprint density at radius 2 is 2.00 bits per heavy atom. The van der Waals surface area contributed by atoms with Gasteiger partial charge in [-0.1, -0.05) is 26.8 Å². The molecule has 2 atom stereocenters. The third kappa shape index (κ3) is 2.83. The number of nitrogens with one attached hydrogen (secondary N) is 1. The number of aryl methyl sites for hydroxylation is 1. The van der Waals surface area contributed by atoms with E-state index in [9.17, 15) is 4.79 Å². The molecule has 1 aliphatic carbocycles. The molecule has 124 valence electrons. The molecule has 0 amide bonds. The van der Waals surface area contributed by atoms with E-state index >= 15 is 0 Å². The van der Waals surface area contributed by atoms with Gasteiger partial charge in [-0.25, -0.2) is 0 Å². The largest absolute Gasteiger partial charge is 0.360 e. The van der Waals surface area contributed by atoms with Crippen molar-refractivity contribution >= 4 is 17.2 Å². The predicted molar refractivity (Wildman–Crippen MR) is 96.4 cm³/mol. The van der Waals surface area contributed by atoms with Crippen LogP contribution in [0.15, 0.2) is 18.3 Å². The standard InChI is InChI=1S/C20H28N2O/c1-4-10-22(11-5-2)19-9-7-17-16(14(19)3)6-8-18-20(17)15(13-23)12-21-18/h6,8,12-14,19,21H,4-5,7,9-11H2,1-3H3. The molecule has 0 spiro atoms. The number of aromatic amines is 1. The Morgan fingerprint density at radius 3 is 2.65 bits per heavy atom. The normalized spacial score (nSPS) is 20.9. The van der Waals surface area contributed by atoms with Gasteiger partial charge in [-0.2, -0.15) is 0 Å². The minimum Gasteiger partial charge on any atom is -0.360 e. The summed E-state index contributed by atoms with van der Waals surface area (Å²) in [4.78, 5) is 17.3. The first kappa shape index (κ1) is 16.3. The number of hydrogen-bond acceptors (Lipinski definition) is 2. The van der Waals surface area contributed by atoms with Gasteiger partial charge in [-0.05, 0) is 61.9 Å². The molecule has 1 N–H and O–H groups in total. The molecule has 2 aromatic rings. The van der Waals surface area contributed by atoms with Crippen LogP contribution in [0.1, 0.15) is 67.4 Å². The van der Waals surface area contributed by atoms with Crippen molar-refractivity contribution < 1.29 is 4.79 Å². The number of carbonyl (C=O) groups excluding carboxylic acids is 1. The van der Waals surface area contributed by atoms with Crippen LogP contribution in [0.2, 0.25) is 0 Å². The van der Waals surface area contributed by atoms with Gasteiger partial charge >= 0.3 is 0 Å². The van der Waals surface area contributed by atoms with Crippen molar-refractivity contribution in [3.63, 3.8) is 0 Å². The molecule has 0 bridgehead atoms. The summed E-state index contributed by atoms with van der Waals surface area (Å²) in [6, 6.07) is 5.04. The van der Waals surface area contributed by atoms with E-state index in [2.05, 4.69) is 42.8 Å². The van der Waals surface area contributed by atoms with Crippen LogP contribution in [0.5, 0.6) is 0 Å². The molecule has 3 heteroatoms. The number of H-pyrrole nitrogens is 1. The summed E-state index contributed by atoms with van der Waals surface area (Å²) in [5.74, 6) is 0.524. The van der Waals surface area contributed by atoms with Crippen LogP contribution < -0.4 is 0 Å². The molecule has 3 rings (SSSR count). The highest BCUT2D eigenvalue weighted by molar-refractivity contribution is 5.99. The number of rotatable bonds is 6. The van der Waals surface area contributed by atoms with Gasteiger partial charge in [0.15, 0.2) is 6.29 Å². The maximum atomic E-state index is 11.4. The Bertz CT molecular complexity index is 682. The number of fused-ring (bicyclic) bond motifs is 3. The number of carbonyl (C=O) groups is 1. The summed E-state index contributed by atoms with van der Waals surface area (Å²) in [6.45, 7) is 9.27. The number of hydrogen-bond donors (Lipinski definition) is 1. The summed E-state index contributed by atoms with van der Waals surface area (Å²) >= 11 is 0. The van der Waals surface area contributed by atoms with Crippen molar-refractivity contribution in [1.29, 1.82) is 0 Å². The van der Waals surface area contributed by atoms with E-state index in [1.165, 1.54) is 43.5 Å². The second-order valence-corrected chi connectivity index (χ2v) is 6.85. The molecule has 0 aliphatic heterocycles. The zero-order chi connectivity index (χ0) is 16.4. The summed E-state index contributed by atoms with van der Waals surface area (Å²) < 4.78 is 0. The monoisotopic (exact) mass is 312 g/mol. The zero-order valence-corrected chi connectivity index (χ0v) is 14.6. The van der Waals surface area contributed by atoms with Gasteiger partial charge in [0.25, 0.3) is 0 Å². The fraction of sp³-hybridized carbons (Fsp3) is 0.550. The summed E-state index contributed by atoms with van der Waals surface area (Å²) in [5.41, 5.74) is 4.73. The minimum atomic E-state index is 0.524. The Balaban J connectivity index is 1.99. The van der Waals surface area contributed by atoms with Gasteiger partial charge in [0.1, 0.15) is 0 Å². The molecule has 0 saturated carbocycles. The highest BCUT2D eigenvalue weighted by Gasteiger charge is 2.31. The summed E-state index contributed by atoms with van der Waals surface area (Å²) in [5, 5.41) is 1.15. The van der Waals surface area contributed by atoms with Crippen LogP contribution in [0, 0.1) is 0 Å². The van der Waals surface area contributed by atoms with E-state index in [1.807, 2.05) is 6.20 Å². The first-order chi connectivity index (χ1) is 11.2. The average molecular weight is 312 g/mol. The SMILES string of the molecule is CCCN(CCC)C1CCc2c(ccc3[nH]cc(C=O)c23)C1C. The third-order valence-electron chi connectivity index (χ3n) is 5.40. The van der Waals surface area contributed by atoms with Crippen molar-refractivity contribution in [2.24, 2.45) is 0 Å². The van der Waals surface area contributed by atoms with Crippen LogP contribution in [0.4, 0.5) is 0 Å². The van der Waals surface area contributed by atoms with Crippen LogP contribution in [-0.2, 0) is 6.42 Å². The Morgan fingerprint density at radius 1 is 1.26 bits per heavy atom. The lowest BCUT2D eigenvalue weighted by Gasteiger charge is -2.40. The van der Waals surface area contributed by atoms with Crippen molar-refractivity contribution in [2.45, 2.75) is 58.4 Å². The Hall–Kier alpha value is -1.61. The van der Waals surface area contributed by atoms with Crippen LogP contribution in [0.3, 0.4) is 0 Å². The van der Waals surface area contributed by atoms with Crippen molar-refractivity contribution in [1.82, 2.24) is 9.88 Å². The maximum absolute atomic E-state index is 11.4. The van der Waals surface area contributed by atoms with Crippen molar-refractivity contribution in [3.8, 4) is 0 Å². The average Bonchev–Trinajstić information content (AvgIpc) is 2.98. The lowest BCUT2D eigenvalue weighted by Crippen LogP contribution is -2.42. The number of nitrogens with zero attached hydrogens (tertiary/aromatic N) is 1. The van der Waals surface area contributed by atoms with Gasteiger partial charge in [-0.3, -0.25) is 9.69 Å². The molecule has 23 heavy (non-hydrogen) atoms. The van der Waals surface area contributed by atoms with Crippen LogP contribution in [0.25, 0.3) is 10.9 Å². The Kier molecular flexibility index (Phi) is 4.86. The van der Waals surface area contributed by atoms with E-state index in [1.54, 1.807) is 0 Å². The van der Waals surface area contributed by atoms with Gasteiger partial charge < -0.3 is 4.98 Å². The number of aromatic nitrogens is 1. The van der Waals surface area contributed by atoms with Crippen molar-refractivity contribution in [2.75, 3.05) is 13.1 Å². The molecule has 1 heterocycles. The maximum Gasteiger partial charge on any atom is 0.152 e. The Labute approximate surface area is 139 Å². The summed E-state index contributed by atoms with van der Waals surface area (Å²) in [6.07, 6.45) is 7.51. The lowest BCUT2D eigenvalue weighted by atomic mass is 9.78. The second kappa shape index (κ2) is 6.88. The molecule has 1 aromatic heterocycles. The van der Waals surface area contributed by atoms with E-state index < -0.39 is 0 Å². The molecule has 2 unspecified atom stereocenters. The fourth-order valence-corrected chi connectivity index (χ4v) is 4.40.